The quantitative estimate of drug-likeness (QED) is 0.677. The van der Waals surface area contributed by atoms with Gasteiger partial charge in [-0.05, 0) is 12.8 Å². The first-order chi connectivity index (χ1) is 7.53. The van der Waals surface area contributed by atoms with Crippen molar-refractivity contribution in [2.75, 3.05) is 19.0 Å². The molecule has 0 radical (unpaired) electrons. The zero-order valence-corrected chi connectivity index (χ0v) is 10.2. The summed E-state index contributed by atoms with van der Waals surface area (Å²) in [6, 6.07) is 0.315. The minimum absolute atomic E-state index is 0.0981. The lowest BCUT2D eigenvalue weighted by atomic mass is 9.94. The minimum atomic E-state index is -4.06. The fraction of sp³-hybridized carbons (Fsp3) is 1.00. The van der Waals surface area contributed by atoms with Crippen LogP contribution < -0.4 is 0 Å². The molecule has 1 saturated carbocycles. The minimum Gasteiger partial charge on any atom is -0.299 e. The number of rotatable bonds is 5. The van der Waals surface area contributed by atoms with Crippen LogP contribution >= 0.6 is 11.6 Å². The summed E-state index contributed by atoms with van der Waals surface area (Å²) in [6.07, 6.45) is 0.749. The van der Waals surface area contributed by atoms with Crippen molar-refractivity contribution in [1.29, 1.82) is 0 Å². The Bertz CT molecular complexity index is 190. The van der Waals surface area contributed by atoms with Crippen molar-refractivity contribution in [3.05, 3.63) is 0 Å². The predicted molar refractivity (Wildman–Crippen MR) is 59.8 cm³/mol. The Balaban J connectivity index is 2.39. The molecule has 0 spiro atoms. The summed E-state index contributed by atoms with van der Waals surface area (Å²) in [5, 5.41) is 0. The zero-order chi connectivity index (χ0) is 12.0. The lowest BCUT2D eigenvalue weighted by molar-refractivity contribution is -0.139. The van der Waals surface area contributed by atoms with Crippen LogP contribution in [0, 0.1) is 0 Å². The Morgan fingerprint density at radius 2 is 1.69 bits per heavy atom. The van der Waals surface area contributed by atoms with Gasteiger partial charge in [0.1, 0.15) is 0 Å². The summed E-state index contributed by atoms with van der Waals surface area (Å²) < 4.78 is 36.5. The topological polar surface area (TPSA) is 3.24 Å². The molecule has 0 aromatic rings. The molecule has 0 bridgehead atoms. The van der Waals surface area contributed by atoms with Crippen molar-refractivity contribution in [2.45, 2.75) is 50.7 Å². The molecule has 0 aromatic heterocycles. The van der Waals surface area contributed by atoms with Crippen molar-refractivity contribution in [3.8, 4) is 0 Å². The molecular weight excluding hydrogens is 239 g/mol. The van der Waals surface area contributed by atoms with Gasteiger partial charge in [0.2, 0.25) is 0 Å². The average molecular weight is 258 g/mol. The monoisotopic (exact) mass is 257 g/mol. The maximum Gasteiger partial charge on any atom is 0.390 e. The molecule has 16 heavy (non-hydrogen) atoms. The third kappa shape index (κ3) is 5.39. The van der Waals surface area contributed by atoms with Gasteiger partial charge in [-0.1, -0.05) is 19.3 Å². The fourth-order valence-electron chi connectivity index (χ4n) is 2.30. The number of hydrogen-bond acceptors (Lipinski definition) is 1. The van der Waals surface area contributed by atoms with Gasteiger partial charge in [-0.2, -0.15) is 13.2 Å². The van der Waals surface area contributed by atoms with Crippen molar-refractivity contribution in [1.82, 2.24) is 4.90 Å². The molecule has 0 aromatic carbocycles. The van der Waals surface area contributed by atoms with Crippen LogP contribution in [0.25, 0.3) is 0 Å². The molecule has 0 unspecified atom stereocenters. The zero-order valence-electron chi connectivity index (χ0n) is 9.40. The van der Waals surface area contributed by atoms with Crippen LogP contribution in [0.15, 0.2) is 0 Å². The third-order valence-corrected chi connectivity index (χ3v) is 3.31. The summed E-state index contributed by atoms with van der Waals surface area (Å²) in [5.74, 6) is 0.411. The van der Waals surface area contributed by atoms with Crippen molar-refractivity contribution >= 4 is 11.6 Å². The molecule has 0 heterocycles. The Kier molecular flexibility index (Phi) is 5.90. The van der Waals surface area contributed by atoms with Crippen molar-refractivity contribution in [2.24, 2.45) is 0 Å². The van der Waals surface area contributed by atoms with Gasteiger partial charge in [-0.15, -0.1) is 11.6 Å². The van der Waals surface area contributed by atoms with E-state index in [2.05, 4.69) is 0 Å². The molecule has 0 amide bonds. The van der Waals surface area contributed by atoms with E-state index in [-0.39, 0.29) is 6.54 Å². The van der Waals surface area contributed by atoms with E-state index >= 15 is 0 Å². The normalized spacial score (nSPS) is 19.3. The highest BCUT2D eigenvalue weighted by Gasteiger charge is 2.29. The van der Waals surface area contributed by atoms with Crippen LogP contribution in [0.5, 0.6) is 0 Å². The Hall–Kier alpha value is 0.0400. The molecule has 1 aliphatic rings. The highest BCUT2D eigenvalue weighted by Crippen LogP contribution is 2.25. The largest absolute Gasteiger partial charge is 0.390 e. The molecule has 0 N–H and O–H groups in total. The van der Waals surface area contributed by atoms with E-state index in [9.17, 15) is 13.2 Å². The highest BCUT2D eigenvalue weighted by molar-refractivity contribution is 6.18. The third-order valence-electron chi connectivity index (χ3n) is 3.15. The van der Waals surface area contributed by atoms with Crippen LogP contribution in [0.3, 0.4) is 0 Å². The molecule has 0 aliphatic heterocycles. The standard InChI is InChI=1S/C11H19ClF3N/c12-7-9-16(8-6-11(13,14)15)10-4-2-1-3-5-10/h10H,1-9H2. The highest BCUT2D eigenvalue weighted by atomic mass is 35.5. The van der Waals surface area contributed by atoms with E-state index in [4.69, 9.17) is 11.6 Å². The van der Waals surface area contributed by atoms with Gasteiger partial charge in [0.15, 0.2) is 0 Å². The molecule has 1 aliphatic carbocycles. The molecule has 0 saturated heterocycles. The first kappa shape index (κ1) is 14.1. The molecule has 96 valence electrons. The van der Waals surface area contributed by atoms with E-state index < -0.39 is 12.6 Å². The molecule has 1 rings (SSSR count). The van der Waals surface area contributed by atoms with E-state index in [1.807, 2.05) is 4.90 Å². The molecule has 1 nitrogen and oxygen atoms in total. The van der Waals surface area contributed by atoms with Crippen molar-refractivity contribution in [3.63, 3.8) is 0 Å². The second-order valence-corrected chi connectivity index (χ2v) is 4.76. The lowest BCUT2D eigenvalue weighted by Crippen LogP contribution is -2.40. The summed E-state index contributed by atoms with van der Waals surface area (Å²) in [6.45, 7) is 0.670. The first-order valence-electron chi connectivity index (χ1n) is 5.89. The smallest absolute Gasteiger partial charge is 0.299 e. The summed E-state index contributed by atoms with van der Waals surface area (Å²) in [4.78, 5) is 1.92. The van der Waals surface area contributed by atoms with Crippen molar-refractivity contribution < 1.29 is 13.2 Å². The SMILES string of the molecule is FC(F)(F)CCN(CCCl)C1CCCCC1. The summed E-state index contributed by atoms with van der Waals surface area (Å²) >= 11 is 5.64. The number of alkyl halides is 4. The number of halogens is 4. The fourth-order valence-corrected chi connectivity index (χ4v) is 2.52. The number of hydrogen-bond donors (Lipinski definition) is 0. The van der Waals surface area contributed by atoms with Crippen LogP contribution in [0.2, 0.25) is 0 Å². The summed E-state index contributed by atoms with van der Waals surface area (Å²) in [7, 11) is 0. The molecule has 5 heteroatoms. The van der Waals surface area contributed by atoms with Gasteiger partial charge in [-0.25, -0.2) is 0 Å². The molecule has 1 fully saturated rings. The van der Waals surface area contributed by atoms with Gasteiger partial charge in [0, 0.05) is 25.0 Å². The van der Waals surface area contributed by atoms with E-state index in [0.29, 0.717) is 18.5 Å². The van der Waals surface area contributed by atoms with Crippen LogP contribution in [-0.4, -0.2) is 36.1 Å². The summed E-state index contributed by atoms with van der Waals surface area (Å²) in [5.41, 5.74) is 0. The van der Waals surface area contributed by atoms with Crippen LogP contribution in [0.1, 0.15) is 38.5 Å². The average Bonchev–Trinajstić information content (AvgIpc) is 2.24. The maximum absolute atomic E-state index is 12.2. The van der Waals surface area contributed by atoms with E-state index in [0.717, 1.165) is 25.7 Å². The van der Waals surface area contributed by atoms with Crippen LogP contribution in [-0.2, 0) is 0 Å². The Labute approximate surface area is 99.9 Å². The Morgan fingerprint density at radius 1 is 1.06 bits per heavy atom. The molecular formula is C11H19ClF3N. The number of nitrogens with zero attached hydrogens (tertiary/aromatic N) is 1. The Morgan fingerprint density at radius 3 is 2.19 bits per heavy atom. The predicted octanol–water partition coefficient (Wildman–Crippen LogP) is 3.81. The van der Waals surface area contributed by atoms with E-state index in [1.54, 1.807) is 0 Å². The maximum atomic E-state index is 12.2. The van der Waals surface area contributed by atoms with Gasteiger partial charge in [0.05, 0.1) is 6.42 Å². The lowest BCUT2D eigenvalue weighted by Gasteiger charge is -2.34. The van der Waals surface area contributed by atoms with E-state index in [1.165, 1.54) is 6.42 Å². The van der Waals surface area contributed by atoms with Gasteiger partial charge in [-0.3, -0.25) is 4.90 Å². The van der Waals surface area contributed by atoms with Gasteiger partial charge >= 0.3 is 6.18 Å². The second-order valence-electron chi connectivity index (χ2n) is 4.38. The first-order valence-corrected chi connectivity index (χ1v) is 6.43. The van der Waals surface area contributed by atoms with Gasteiger partial charge < -0.3 is 0 Å². The second kappa shape index (κ2) is 6.70. The van der Waals surface area contributed by atoms with Gasteiger partial charge in [0.25, 0.3) is 0 Å². The molecule has 0 atom stereocenters. The van der Waals surface area contributed by atoms with Crippen LogP contribution in [0.4, 0.5) is 13.2 Å².